The van der Waals surface area contributed by atoms with Crippen LogP contribution in [0.25, 0.3) is 0 Å². The fourth-order valence-electron chi connectivity index (χ4n) is 2.08. The van der Waals surface area contributed by atoms with Crippen molar-refractivity contribution in [3.8, 4) is 0 Å². The number of halogens is 2. The van der Waals surface area contributed by atoms with E-state index in [2.05, 4.69) is 5.32 Å². The van der Waals surface area contributed by atoms with Gasteiger partial charge in [-0.25, -0.2) is 8.78 Å². The molecule has 0 saturated carbocycles. The maximum atomic E-state index is 13.9. The molecule has 1 aliphatic heterocycles. The van der Waals surface area contributed by atoms with Gasteiger partial charge in [-0.3, -0.25) is 0 Å². The Labute approximate surface area is 94.3 Å². The second-order valence-corrected chi connectivity index (χ2v) is 4.27. The van der Waals surface area contributed by atoms with Crippen LogP contribution >= 0.6 is 0 Å². The lowest BCUT2D eigenvalue weighted by Gasteiger charge is -2.36. The van der Waals surface area contributed by atoms with Gasteiger partial charge in [-0.2, -0.15) is 0 Å². The molecule has 1 N–H and O–H groups in total. The SMILES string of the molecule is Cc1ccc(F)c(N2CCNCC2C)c1F. The summed E-state index contributed by atoms with van der Waals surface area (Å²) >= 11 is 0. The molecule has 2 nitrogen and oxygen atoms in total. The van der Waals surface area contributed by atoms with Gasteiger partial charge in [-0.15, -0.1) is 0 Å². The van der Waals surface area contributed by atoms with Crippen LogP contribution in [-0.4, -0.2) is 25.7 Å². The van der Waals surface area contributed by atoms with Gasteiger partial charge in [0.25, 0.3) is 0 Å². The molecule has 0 spiro atoms. The van der Waals surface area contributed by atoms with E-state index >= 15 is 0 Å². The first-order valence-corrected chi connectivity index (χ1v) is 5.53. The molecule has 0 radical (unpaired) electrons. The summed E-state index contributed by atoms with van der Waals surface area (Å²) in [7, 11) is 0. The van der Waals surface area contributed by atoms with Gasteiger partial charge < -0.3 is 10.2 Å². The van der Waals surface area contributed by atoms with Crippen molar-refractivity contribution >= 4 is 5.69 Å². The summed E-state index contributed by atoms with van der Waals surface area (Å²) in [4.78, 5) is 1.80. The molecule has 1 heterocycles. The lowest BCUT2D eigenvalue weighted by molar-refractivity contribution is 0.476. The number of nitrogens with zero attached hydrogens (tertiary/aromatic N) is 1. The molecule has 1 aromatic rings. The summed E-state index contributed by atoms with van der Waals surface area (Å²) in [6.07, 6.45) is 0. The second-order valence-electron chi connectivity index (χ2n) is 4.27. The molecule has 1 aromatic carbocycles. The fraction of sp³-hybridized carbons (Fsp3) is 0.500. The van der Waals surface area contributed by atoms with Crippen LogP contribution in [0.5, 0.6) is 0 Å². The predicted octanol–water partition coefficient (Wildman–Crippen LogP) is 2.07. The average Bonchev–Trinajstić information content (AvgIpc) is 2.27. The molecule has 1 saturated heterocycles. The molecule has 1 fully saturated rings. The zero-order valence-corrected chi connectivity index (χ0v) is 9.56. The van der Waals surface area contributed by atoms with E-state index in [0.29, 0.717) is 12.1 Å². The van der Waals surface area contributed by atoms with E-state index in [1.807, 2.05) is 6.92 Å². The zero-order valence-electron chi connectivity index (χ0n) is 9.56. The van der Waals surface area contributed by atoms with Crippen molar-refractivity contribution in [2.75, 3.05) is 24.5 Å². The normalized spacial score (nSPS) is 21.2. The Morgan fingerprint density at radius 2 is 2.12 bits per heavy atom. The molecule has 0 bridgehead atoms. The third-order valence-electron chi connectivity index (χ3n) is 3.05. The topological polar surface area (TPSA) is 15.3 Å². The number of hydrogen-bond donors (Lipinski definition) is 1. The number of piperazine rings is 1. The Bertz CT molecular complexity index is 393. The van der Waals surface area contributed by atoms with Crippen LogP contribution in [0, 0.1) is 18.6 Å². The maximum absolute atomic E-state index is 13.9. The molecule has 16 heavy (non-hydrogen) atoms. The van der Waals surface area contributed by atoms with E-state index in [0.717, 1.165) is 13.1 Å². The third-order valence-corrected chi connectivity index (χ3v) is 3.05. The molecule has 4 heteroatoms. The minimum atomic E-state index is -0.475. The van der Waals surface area contributed by atoms with Crippen LogP contribution < -0.4 is 10.2 Å². The molecule has 0 amide bonds. The first-order valence-electron chi connectivity index (χ1n) is 5.53. The number of anilines is 1. The molecule has 0 aliphatic carbocycles. The van der Waals surface area contributed by atoms with Gasteiger partial charge in [0.1, 0.15) is 11.5 Å². The molecule has 1 unspecified atom stereocenters. The molecule has 88 valence electrons. The van der Waals surface area contributed by atoms with Crippen molar-refractivity contribution in [2.24, 2.45) is 0 Å². The smallest absolute Gasteiger partial charge is 0.152 e. The van der Waals surface area contributed by atoms with E-state index in [-0.39, 0.29) is 11.7 Å². The summed E-state index contributed by atoms with van der Waals surface area (Å²) in [5, 5.41) is 3.20. The molecule has 2 rings (SSSR count). The highest BCUT2D eigenvalue weighted by Gasteiger charge is 2.24. The molecular weight excluding hydrogens is 210 g/mol. The van der Waals surface area contributed by atoms with Crippen molar-refractivity contribution in [3.63, 3.8) is 0 Å². The average molecular weight is 226 g/mol. The van der Waals surface area contributed by atoms with E-state index in [9.17, 15) is 8.78 Å². The Hall–Kier alpha value is -1.16. The predicted molar refractivity (Wildman–Crippen MR) is 60.8 cm³/mol. The lowest BCUT2D eigenvalue weighted by atomic mass is 10.1. The molecule has 1 aliphatic rings. The first kappa shape index (κ1) is 11.3. The highest BCUT2D eigenvalue weighted by molar-refractivity contribution is 5.52. The van der Waals surface area contributed by atoms with Gasteiger partial charge in [0, 0.05) is 25.7 Å². The van der Waals surface area contributed by atoms with Crippen LogP contribution in [-0.2, 0) is 0 Å². The Balaban J connectivity index is 2.42. The Morgan fingerprint density at radius 1 is 1.38 bits per heavy atom. The minimum absolute atomic E-state index is 0.111. The summed E-state index contributed by atoms with van der Waals surface area (Å²) in [6, 6.07) is 2.92. The molecular formula is C12H16F2N2. The van der Waals surface area contributed by atoms with Crippen molar-refractivity contribution in [3.05, 3.63) is 29.3 Å². The minimum Gasteiger partial charge on any atom is -0.362 e. The van der Waals surface area contributed by atoms with Crippen LogP contribution in [0.4, 0.5) is 14.5 Å². The van der Waals surface area contributed by atoms with Crippen molar-refractivity contribution in [1.82, 2.24) is 5.32 Å². The number of nitrogens with one attached hydrogen (secondary N) is 1. The fourth-order valence-corrected chi connectivity index (χ4v) is 2.08. The summed E-state index contributed by atoms with van der Waals surface area (Å²) < 4.78 is 27.6. The second kappa shape index (κ2) is 4.37. The summed E-state index contributed by atoms with van der Waals surface area (Å²) in [5.41, 5.74) is 0.608. The van der Waals surface area contributed by atoms with E-state index < -0.39 is 11.6 Å². The van der Waals surface area contributed by atoms with E-state index in [1.54, 1.807) is 11.8 Å². The van der Waals surface area contributed by atoms with Crippen molar-refractivity contribution < 1.29 is 8.78 Å². The number of benzene rings is 1. The largest absolute Gasteiger partial charge is 0.362 e. The number of hydrogen-bond acceptors (Lipinski definition) is 2. The highest BCUT2D eigenvalue weighted by atomic mass is 19.1. The summed E-state index contributed by atoms with van der Waals surface area (Å²) in [6.45, 7) is 5.78. The van der Waals surface area contributed by atoms with E-state index in [4.69, 9.17) is 0 Å². The quantitative estimate of drug-likeness (QED) is 0.788. The van der Waals surface area contributed by atoms with Gasteiger partial charge in [0.2, 0.25) is 0 Å². The first-order chi connectivity index (χ1) is 7.61. The van der Waals surface area contributed by atoms with Crippen molar-refractivity contribution in [2.45, 2.75) is 19.9 Å². The Kier molecular flexibility index (Phi) is 3.10. The zero-order chi connectivity index (χ0) is 11.7. The lowest BCUT2D eigenvalue weighted by Crippen LogP contribution is -2.50. The van der Waals surface area contributed by atoms with Crippen molar-refractivity contribution in [1.29, 1.82) is 0 Å². The summed E-state index contributed by atoms with van der Waals surface area (Å²) in [5.74, 6) is -0.911. The Morgan fingerprint density at radius 3 is 2.81 bits per heavy atom. The van der Waals surface area contributed by atoms with Gasteiger partial charge in [0.15, 0.2) is 5.82 Å². The van der Waals surface area contributed by atoms with E-state index in [1.165, 1.54) is 12.1 Å². The monoisotopic (exact) mass is 226 g/mol. The third kappa shape index (κ3) is 1.89. The van der Waals surface area contributed by atoms with Gasteiger partial charge in [0.05, 0.1) is 0 Å². The standard InChI is InChI=1S/C12H16F2N2/c1-8-3-4-10(13)12(11(8)14)16-6-5-15-7-9(16)2/h3-4,9,15H,5-7H2,1-2H3. The van der Waals surface area contributed by atoms with Gasteiger partial charge in [-0.1, -0.05) is 6.07 Å². The van der Waals surface area contributed by atoms with Crippen LogP contribution in [0.1, 0.15) is 12.5 Å². The maximum Gasteiger partial charge on any atom is 0.152 e. The van der Waals surface area contributed by atoms with Crippen LogP contribution in [0.3, 0.4) is 0 Å². The molecule has 1 atom stereocenters. The van der Waals surface area contributed by atoms with Gasteiger partial charge >= 0.3 is 0 Å². The number of rotatable bonds is 1. The number of aryl methyl sites for hydroxylation is 1. The highest BCUT2D eigenvalue weighted by Crippen LogP contribution is 2.27. The van der Waals surface area contributed by atoms with Gasteiger partial charge in [-0.05, 0) is 25.5 Å². The van der Waals surface area contributed by atoms with Crippen LogP contribution in [0.15, 0.2) is 12.1 Å². The molecule has 0 aromatic heterocycles. The van der Waals surface area contributed by atoms with Crippen LogP contribution in [0.2, 0.25) is 0 Å².